The number of anilines is 1. The van der Waals surface area contributed by atoms with E-state index in [1.807, 2.05) is 12.3 Å². The van der Waals surface area contributed by atoms with Crippen molar-refractivity contribution in [3.05, 3.63) is 54.7 Å². The van der Waals surface area contributed by atoms with Crippen LogP contribution in [0.2, 0.25) is 0 Å². The molecule has 0 spiro atoms. The molecular weight excluding hydrogens is 284 g/mol. The lowest BCUT2D eigenvalue weighted by Crippen LogP contribution is -2.45. The van der Waals surface area contributed by atoms with Crippen LogP contribution >= 0.6 is 0 Å². The van der Waals surface area contributed by atoms with E-state index in [1.165, 1.54) is 16.3 Å². The molecule has 0 saturated carbocycles. The van der Waals surface area contributed by atoms with Crippen LogP contribution < -0.4 is 4.90 Å². The van der Waals surface area contributed by atoms with Gasteiger partial charge >= 0.3 is 0 Å². The molecule has 0 aliphatic carbocycles. The first kappa shape index (κ1) is 14.2. The molecule has 4 nitrogen and oxygen atoms in total. The molecule has 0 bridgehead atoms. The second kappa shape index (κ2) is 5.97. The zero-order chi connectivity index (χ0) is 15.6. The maximum Gasteiger partial charge on any atom is 0.225 e. The van der Waals surface area contributed by atoms with Gasteiger partial charge in [-0.1, -0.05) is 42.5 Å². The largest absolute Gasteiger partial charge is 0.338 e. The molecule has 0 atom stereocenters. The Morgan fingerprint density at radius 3 is 2.52 bits per heavy atom. The Morgan fingerprint density at radius 2 is 1.65 bits per heavy atom. The molecule has 1 aliphatic heterocycles. The highest BCUT2D eigenvalue weighted by Gasteiger charge is 2.17. The third-order valence-electron chi connectivity index (χ3n) is 4.49. The van der Waals surface area contributed by atoms with Crippen LogP contribution in [0.5, 0.6) is 0 Å². The van der Waals surface area contributed by atoms with Crippen molar-refractivity contribution >= 4 is 16.7 Å². The van der Waals surface area contributed by atoms with E-state index < -0.39 is 0 Å². The van der Waals surface area contributed by atoms with Crippen LogP contribution in [0.4, 0.5) is 5.95 Å². The first-order chi connectivity index (χ1) is 11.3. The van der Waals surface area contributed by atoms with Crippen molar-refractivity contribution in [2.75, 3.05) is 38.1 Å². The smallest absolute Gasteiger partial charge is 0.225 e. The summed E-state index contributed by atoms with van der Waals surface area (Å²) in [6, 6.07) is 16.8. The van der Waals surface area contributed by atoms with Crippen LogP contribution in [0.25, 0.3) is 22.0 Å². The zero-order valence-corrected chi connectivity index (χ0v) is 13.3. The van der Waals surface area contributed by atoms with E-state index in [0.717, 1.165) is 37.8 Å². The molecule has 23 heavy (non-hydrogen) atoms. The van der Waals surface area contributed by atoms with Crippen molar-refractivity contribution in [3.8, 4) is 11.3 Å². The highest BCUT2D eigenvalue weighted by Crippen LogP contribution is 2.28. The summed E-state index contributed by atoms with van der Waals surface area (Å²) in [5.41, 5.74) is 2.16. The molecule has 4 rings (SSSR count). The predicted molar refractivity (Wildman–Crippen MR) is 94.7 cm³/mol. The zero-order valence-electron chi connectivity index (χ0n) is 13.3. The summed E-state index contributed by atoms with van der Waals surface area (Å²) in [4.78, 5) is 13.9. The quantitative estimate of drug-likeness (QED) is 0.728. The van der Waals surface area contributed by atoms with Gasteiger partial charge in [-0.3, -0.25) is 0 Å². The standard InChI is InChI=1S/C19H20N4/c1-22-11-13-23(14-12-22)19-20-10-9-18(21-19)17-8-4-6-15-5-2-3-7-16(15)17/h2-10H,11-14H2,1H3. The third-order valence-corrected chi connectivity index (χ3v) is 4.49. The molecule has 1 aromatic heterocycles. The van der Waals surface area contributed by atoms with Crippen molar-refractivity contribution in [2.45, 2.75) is 0 Å². The number of rotatable bonds is 2. The average molecular weight is 304 g/mol. The molecule has 0 amide bonds. The molecular formula is C19H20N4. The van der Waals surface area contributed by atoms with E-state index in [0.29, 0.717) is 0 Å². The number of aromatic nitrogens is 2. The molecule has 1 saturated heterocycles. The summed E-state index contributed by atoms with van der Waals surface area (Å²) in [6.45, 7) is 4.08. The van der Waals surface area contributed by atoms with Crippen molar-refractivity contribution in [3.63, 3.8) is 0 Å². The Bertz CT molecular complexity index is 817. The number of hydrogen-bond donors (Lipinski definition) is 0. The molecule has 2 aromatic carbocycles. The second-order valence-electron chi connectivity index (χ2n) is 6.06. The number of hydrogen-bond acceptors (Lipinski definition) is 4. The Kier molecular flexibility index (Phi) is 3.67. The Hall–Kier alpha value is -2.46. The minimum Gasteiger partial charge on any atom is -0.338 e. The first-order valence-electron chi connectivity index (χ1n) is 8.06. The lowest BCUT2D eigenvalue weighted by atomic mass is 10.0. The van der Waals surface area contributed by atoms with Crippen molar-refractivity contribution in [1.82, 2.24) is 14.9 Å². The van der Waals surface area contributed by atoms with Gasteiger partial charge in [-0.2, -0.15) is 0 Å². The number of fused-ring (bicyclic) bond motifs is 1. The van der Waals surface area contributed by atoms with Crippen LogP contribution in [0.3, 0.4) is 0 Å². The Balaban J connectivity index is 1.73. The topological polar surface area (TPSA) is 32.3 Å². The van der Waals surface area contributed by atoms with E-state index in [4.69, 9.17) is 4.98 Å². The van der Waals surface area contributed by atoms with E-state index in [2.05, 4.69) is 64.3 Å². The highest BCUT2D eigenvalue weighted by atomic mass is 15.3. The van der Waals surface area contributed by atoms with Crippen molar-refractivity contribution in [1.29, 1.82) is 0 Å². The van der Waals surface area contributed by atoms with Crippen LogP contribution in [-0.4, -0.2) is 48.1 Å². The minimum absolute atomic E-state index is 0.837. The fourth-order valence-corrected chi connectivity index (χ4v) is 3.11. The fraction of sp³-hybridized carbons (Fsp3) is 0.263. The molecule has 1 aliphatic rings. The van der Waals surface area contributed by atoms with Gasteiger partial charge in [0.15, 0.2) is 0 Å². The molecule has 116 valence electrons. The molecule has 0 N–H and O–H groups in total. The second-order valence-corrected chi connectivity index (χ2v) is 6.06. The summed E-state index contributed by atoms with van der Waals surface area (Å²) in [5, 5.41) is 2.47. The predicted octanol–water partition coefficient (Wildman–Crippen LogP) is 3.05. The van der Waals surface area contributed by atoms with Gasteiger partial charge in [0.2, 0.25) is 5.95 Å². The Labute approximate surface area is 136 Å². The van der Waals surface area contributed by atoms with Gasteiger partial charge in [0.1, 0.15) is 0 Å². The number of nitrogens with zero attached hydrogens (tertiary/aromatic N) is 4. The number of benzene rings is 2. The van der Waals surface area contributed by atoms with Gasteiger partial charge in [0.05, 0.1) is 5.69 Å². The number of piperazine rings is 1. The maximum absolute atomic E-state index is 4.84. The summed E-state index contributed by atoms with van der Waals surface area (Å²) < 4.78 is 0. The van der Waals surface area contributed by atoms with Crippen molar-refractivity contribution in [2.24, 2.45) is 0 Å². The minimum atomic E-state index is 0.837. The summed E-state index contributed by atoms with van der Waals surface area (Å²) in [6.07, 6.45) is 1.87. The van der Waals surface area contributed by atoms with Gasteiger partial charge in [0, 0.05) is 37.9 Å². The molecule has 1 fully saturated rings. The van der Waals surface area contributed by atoms with E-state index >= 15 is 0 Å². The summed E-state index contributed by atoms with van der Waals surface area (Å²) >= 11 is 0. The summed E-state index contributed by atoms with van der Waals surface area (Å²) in [5.74, 6) is 0.837. The van der Waals surface area contributed by atoms with Gasteiger partial charge in [-0.15, -0.1) is 0 Å². The van der Waals surface area contributed by atoms with Crippen LogP contribution in [0.15, 0.2) is 54.7 Å². The third kappa shape index (κ3) is 2.78. The number of likely N-dealkylation sites (N-methyl/N-ethyl adjacent to an activating group) is 1. The Morgan fingerprint density at radius 1 is 0.870 bits per heavy atom. The van der Waals surface area contributed by atoms with Gasteiger partial charge in [-0.25, -0.2) is 9.97 Å². The molecule has 2 heterocycles. The fourth-order valence-electron chi connectivity index (χ4n) is 3.11. The van der Waals surface area contributed by atoms with Crippen LogP contribution in [-0.2, 0) is 0 Å². The molecule has 0 unspecified atom stereocenters. The van der Waals surface area contributed by atoms with Gasteiger partial charge < -0.3 is 9.80 Å². The molecule has 3 aromatic rings. The molecule has 4 heteroatoms. The van der Waals surface area contributed by atoms with E-state index in [9.17, 15) is 0 Å². The van der Waals surface area contributed by atoms with E-state index in [1.54, 1.807) is 0 Å². The SMILES string of the molecule is CN1CCN(c2nccc(-c3cccc4ccccc34)n2)CC1. The van der Waals surface area contributed by atoms with Gasteiger partial charge in [-0.05, 0) is 23.9 Å². The van der Waals surface area contributed by atoms with E-state index in [-0.39, 0.29) is 0 Å². The van der Waals surface area contributed by atoms with Gasteiger partial charge in [0.25, 0.3) is 0 Å². The maximum atomic E-state index is 4.84. The monoisotopic (exact) mass is 304 g/mol. The lowest BCUT2D eigenvalue weighted by molar-refractivity contribution is 0.311. The van der Waals surface area contributed by atoms with Crippen molar-refractivity contribution < 1.29 is 0 Å². The first-order valence-corrected chi connectivity index (χ1v) is 8.06. The molecule has 0 radical (unpaired) electrons. The normalized spacial score (nSPS) is 16.0. The van der Waals surface area contributed by atoms with Crippen LogP contribution in [0.1, 0.15) is 0 Å². The lowest BCUT2D eigenvalue weighted by Gasteiger charge is -2.32. The van der Waals surface area contributed by atoms with Crippen LogP contribution in [0, 0.1) is 0 Å². The summed E-state index contributed by atoms with van der Waals surface area (Å²) in [7, 11) is 2.16. The highest BCUT2D eigenvalue weighted by molar-refractivity contribution is 5.95. The average Bonchev–Trinajstić information content (AvgIpc) is 2.62.